The number of hydrogen-bond acceptors (Lipinski definition) is 6. The summed E-state index contributed by atoms with van der Waals surface area (Å²) in [6.07, 6.45) is 38.1. The number of carboxylic acids is 1. The van der Waals surface area contributed by atoms with Crippen molar-refractivity contribution in [3.8, 4) is 0 Å². The number of rotatable bonds is 38. The van der Waals surface area contributed by atoms with E-state index in [1.165, 1.54) is 103 Å². The van der Waals surface area contributed by atoms with E-state index in [0.717, 1.165) is 70.6 Å². The second-order valence-corrected chi connectivity index (χ2v) is 14.4. The van der Waals surface area contributed by atoms with Crippen LogP contribution in [-0.2, 0) is 23.9 Å². The van der Waals surface area contributed by atoms with Gasteiger partial charge in [-0.25, -0.2) is 4.79 Å². The van der Waals surface area contributed by atoms with Crippen molar-refractivity contribution in [3.63, 3.8) is 0 Å². The number of esters is 1. The number of amides is 2. The molecule has 2 amide bonds. The summed E-state index contributed by atoms with van der Waals surface area (Å²) in [6, 6.07) is -1.38. The minimum Gasteiger partial charge on any atom is -0.480 e. The molecule has 51 heavy (non-hydrogen) atoms. The largest absolute Gasteiger partial charge is 0.480 e. The molecule has 298 valence electrons. The van der Waals surface area contributed by atoms with E-state index < -0.39 is 24.5 Å². The first-order valence-electron chi connectivity index (χ1n) is 21.1. The van der Waals surface area contributed by atoms with Crippen molar-refractivity contribution in [2.45, 2.75) is 219 Å². The molecule has 4 N–H and O–H groups in total. The molecule has 0 aliphatic rings. The van der Waals surface area contributed by atoms with Crippen molar-refractivity contribution in [1.82, 2.24) is 10.6 Å². The van der Waals surface area contributed by atoms with E-state index >= 15 is 0 Å². The number of ether oxygens (including phenoxy) is 1. The van der Waals surface area contributed by atoms with Gasteiger partial charge in [0.25, 0.3) is 0 Å². The van der Waals surface area contributed by atoms with Crippen molar-refractivity contribution >= 4 is 23.8 Å². The van der Waals surface area contributed by atoms with Gasteiger partial charge in [0.15, 0.2) is 0 Å². The fourth-order valence-corrected chi connectivity index (χ4v) is 6.24. The van der Waals surface area contributed by atoms with Crippen molar-refractivity contribution in [2.24, 2.45) is 0 Å². The van der Waals surface area contributed by atoms with Crippen LogP contribution in [0.2, 0.25) is 0 Å². The maximum absolute atomic E-state index is 12.7. The third-order valence-corrected chi connectivity index (χ3v) is 9.51. The summed E-state index contributed by atoms with van der Waals surface area (Å²) < 4.78 is 6.00. The Labute approximate surface area is 311 Å². The van der Waals surface area contributed by atoms with Crippen LogP contribution in [0.15, 0.2) is 12.2 Å². The highest BCUT2D eigenvalue weighted by Crippen LogP contribution is 2.18. The molecule has 2 atom stereocenters. The highest BCUT2D eigenvalue weighted by Gasteiger charge is 2.19. The number of allylic oxidation sites excluding steroid dienone is 2. The Kier molecular flexibility index (Phi) is 35.6. The smallest absolute Gasteiger partial charge is 0.328 e. The number of carbonyl (C=O) groups excluding carboxylic acids is 3. The van der Waals surface area contributed by atoms with Gasteiger partial charge in [-0.1, -0.05) is 148 Å². The molecule has 0 saturated carbocycles. The Bertz CT molecular complexity index is 879. The number of aliphatic hydroxyl groups is 1. The Balaban J connectivity index is 4.31. The zero-order valence-corrected chi connectivity index (χ0v) is 32.9. The van der Waals surface area contributed by atoms with Gasteiger partial charge < -0.3 is 25.6 Å². The fraction of sp³-hybridized carbons (Fsp3) is 0.857. The van der Waals surface area contributed by atoms with Crippen molar-refractivity contribution in [2.75, 3.05) is 13.2 Å². The Morgan fingerprint density at radius 3 is 1.55 bits per heavy atom. The number of nitrogens with one attached hydrogen (secondary N) is 2. The van der Waals surface area contributed by atoms with Crippen LogP contribution in [0.3, 0.4) is 0 Å². The second kappa shape index (κ2) is 37.3. The molecule has 9 heteroatoms. The number of hydrogen-bond donors (Lipinski definition) is 4. The molecule has 2 unspecified atom stereocenters. The van der Waals surface area contributed by atoms with Gasteiger partial charge in [-0.2, -0.15) is 0 Å². The lowest BCUT2D eigenvalue weighted by Gasteiger charge is -2.18. The van der Waals surface area contributed by atoms with Gasteiger partial charge in [0.2, 0.25) is 11.8 Å². The first-order valence-corrected chi connectivity index (χ1v) is 21.1. The summed E-state index contributed by atoms with van der Waals surface area (Å²) in [6.45, 7) is 3.47. The van der Waals surface area contributed by atoms with Gasteiger partial charge in [0.05, 0.1) is 13.2 Å². The summed E-state index contributed by atoms with van der Waals surface area (Å²) in [5, 5.41) is 22.5. The fourth-order valence-electron chi connectivity index (χ4n) is 6.24. The molecule has 0 heterocycles. The normalized spacial score (nSPS) is 12.5. The molecule has 0 saturated heterocycles. The summed E-state index contributed by atoms with van der Waals surface area (Å²) >= 11 is 0. The molecule has 0 spiro atoms. The Morgan fingerprint density at radius 1 is 0.569 bits per heavy atom. The van der Waals surface area contributed by atoms with Crippen molar-refractivity contribution < 1.29 is 34.1 Å². The standard InChI is InChI=1S/C42H78N2O7/c1-3-5-7-9-11-13-15-17-19-21-26-30-34-41(48)51-37(31-27-23-20-18-16-14-12-10-8-6-4-2)32-28-24-22-25-29-33-39(46)43-35-40(47)44-38(36-45)42(49)50/h18,20,37-38,45H,3-17,19,21-36H2,1-2H3,(H,43,46)(H,44,47)(H,49,50)/b20-18-. The number of aliphatic carboxylic acids is 1. The van der Waals surface area contributed by atoms with Gasteiger partial charge in [0.1, 0.15) is 12.1 Å². The van der Waals surface area contributed by atoms with Crippen LogP contribution < -0.4 is 10.6 Å². The topological polar surface area (TPSA) is 142 Å². The Morgan fingerprint density at radius 2 is 1.02 bits per heavy atom. The number of aliphatic hydroxyl groups excluding tert-OH is 1. The third-order valence-electron chi connectivity index (χ3n) is 9.51. The lowest BCUT2D eigenvalue weighted by molar-refractivity contribution is -0.150. The summed E-state index contributed by atoms with van der Waals surface area (Å²) in [7, 11) is 0. The van der Waals surface area contributed by atoms with Crippen LogP contribution in [0.25, 0.3) is 0 Å². The molecule has 0 aromatic rings. The third kappa shape index (κ3) is 34.4. The van der Waals surface area contributed by atoms with E-state index in [-0.39, 0.29) is 24.5 Å². The molecule has 0 aliphatic carbocycles. The van der Waals surface area contributed by atoms with Crippen LogP contribution in [0.1, 0.15) is 206 Å². The average molecular weight is 723 g/mol. The van der Waals surface area contributed by atoms with E-state index in [4.69, 9.17) is 14.9 Å². The van der Waals surface area contributed by atoms with Crippen LogP contribution in [0, 0.1) is 0 Å². The van der Waals surface area contributed by atoms with Gasteiger partial charge >= 0.3 is 11.9 Å². The van der Waals surface area contributed by atoms with Crippen LogP contribution in [-0.4, -0.2) is 59.3 Å². The molecule has 9 nitrogen and oxygen atoms in total. The molecule has 0 aliphatic heterocycles. The van der Waals surface area contributed by atoms with Crippen LogP contribution >= 0.6 is 0 Å². The maximum Gasteiger partial charge on any atom is 0.328 e. The maximum atomic E-state index is 12.7. The van der Waals surface area contributed by atoms with E-state index in [9.17, 15) is 19.2 Å². The quantitative estimate of drug-likeness (QED) is 0.0282. The zero-order valence-electron chi connectivity index (χ0n) is 32.9. The van der Waals surface area contributed by atoms with Crippen molar-refractivity contribution in [3.05, 3.63) is 12.2 Å². The summed E-state index contributed by atoms with van der Waals surface area (Å²) in [4.78, 5) is 47.5. The molecule has 0 rings (SSSR count). The van der Waals surface area contributed by atoms with E-state index in [0.29, 0.717) is 19.3 Å². The van der Waals surface area contributed by atoms with Gasteiger partial charge in [0, 0.05) is 12.8 Å². The van der Waals surface area contributed by atoms with Gasteiger partial charge in [-0.15, -0.1) is 0 Å². The van der Waals surface area contributed by atoms with Crippen LogP contribution in [0.4, 0.5) is 0 Å². The summed E-state index contributed by atoms with van der Waals surface area (Å²) in [5.41, 5.74) is 0. The summed E-state index contributed by atoms with van der Waals surface area (Å²) in [5.74, 6) is -2.30. The monoisotopic (exact) mass is 723 g/mol. The number of carbonyl (C=O) groups is 4. The lowest BCUT2D eigenvalue weighted by Crippen LogP contribution is -2.47. The minimum atomic E-state index is -1.38. The SMILES string of the molecule is CCCCCCCC/C=C\CCCC(CCCCCCCC(=O)NCC(=O)NC(CO)C(=O)O)OC(=O)CCCCCCCCCCCCCC. The molecule has 0 bridgehead atoms. The zero-order chi connectivity index (χ0) is 37.6. The molecular formula is C42H78N2O7. The van der Waals surface area contributed by atoms with Crippen molar-refractivity contribution in [1.29, 1.82) is 0 Å². The molecule has 0 fully saturated rings. The molecule has 0 radical (unpaired) electrons. The highest BCUT2D eigenvalue weighted by atomic mass is 16.5. The minimum absolute atomic E-state index is 0.0368. The molecular weight excluding hydrogens is 644 g/mol. The first kappa shape index (κ1) is 48.6. The van der Waals surface area contributed by atoms with E-state index in [1.54, 1.807) is 0 Å². The van der Waals surface area contributed by atoms with Gasteiger partial charge in [-0.3, -0.25) is 14.4 Å². The molecule has 0 aromatic heterocycles. The first-order chi connectivity index (χ1) is 24.8. The number of carboxylic acid groups (broad SMARTS) is 1. The van der Waals surface area contributed by atoms with E-state index in [1.807, 2.05) is 0 Å². The number of unbranched alkanes of at least 4 members (excludes halogenated alkanes) is 22. The molecule has 0 aromatic carbocycles. The van der Waals surface area contributed by atoms with Crippen LogP contribution in [0.5, 0.6) is 0 Å². The predicted molar refractivity (Wildman–Crippen MR) is 209 cm³/mol. The average Bonchev–Trinajstić information content (AvgIpc) is 3.11. The van der Waals surface area contributed by atoms with E-state index in [2.05, 4.69) is 36.6 Å². The predicted octanol–water partition coefficient (Wildman–Crippen LogP) is 9.88. The second-order valence-electron chi connectivity index (χ2n) is 14.4. The highest BCUT2D eigenvalue weighted by molar-refractivity contribution is 5.87. The van der Waals surface area contributed by atoms with Gasteiger partial charge in [-0.05, 0) is 57.8 Å². The lowest BCUT2D eigenvalue weighted by atomic mass is 10.0. The Hall–Kier alpha value is -2.42.